The summed E-state index contributed by atoms with van der Waals surface area (Å²) >= 11 is 3.56. The SMILES string of the molecule is COc1cc(C=NNC(=O)c2[nH]c3c(Br)cccc3c2-c2ccccc2)ccc1OC(=O)c1ccccc1. The molecule has 8 heteroatoms. The summed E-state index contributed by atoms with van der Waals surface area (Å²) in [4.78, 5) is 28.8. The van der Waals surface area contributed by atoms with Crippen molar-refractivity contribution in [2.75, 3.05) is 7.11 Å². The number of hydrazone groups is 1. The Hall–Kier alpha value is -4.69. The van der Waals surface area contributed by atoms with Gasteiger partial charge in [-0.2, -0.15) is 5.10 Å². The maximum absolute atomic E-state index is 13.2. The number of esters is 1. The van der Waals surface area contributed by atoms with E-state index < -0.39 is 5.97 Å². The Morgan fingerprint density at radius 2 is 1.63 bits per heavy atom. The number of hydrogen-bond acceptors (Lipinski definition) is 5. The van der Waals surface area contributed by atoms with Crippen LogP contribution in [0.1, 0.15) is 26.4 Å². The van der Waals surface area contributed by atoms with E-state index in [1.54, 1.807) is 42.5 Å². The van der Waals surface area contributed by atoms with E-state index in [0.29, 0.717) is 22.6 Å². The number of ether oxygens (including phenoxy) is 2. The Labute approximate surface area is 227 Å². The lowest BCUT2D eigenvalue weighted by molar-refractivity contribution is 0.0729. The van der Waals surface area contributed by atoms with Crippen molar-refractivity contribution in [1.82, 2.24) is 10.4 Å². The van der Waals surface area contributed by atoms with Gasteiger partial charge in [0.05, 0.1) is 24.4 Å². The standard InChI is InChI=1S/C30H22BrN3O4/c1-37-25-17-19(15-16-24(25)38-30(36)21-11-6-3-7-12-21)18-32-34-29(35)28-26(20-9-4-2-5-10-20)22-13-8-14-23(31)27(22)33-28/h2-18,33H,1H3,(H,34,35). The lowest BCUT2D eigenvalue weighted by atomic mass is 10.0. The molecule has 4 aromatic carbocycles. The Morgan fingerprint density at radius 1 is 0.895 bits per heavy atom. The van der Waals surface area contributed by atoms with Crippen molar-refractivity contribution in [2.45, 2.75) is 0 Å². The molecular weight excluding hydrogens is 546 g/mol. The zero-order valence-electron chi connectivity index (χ0n) is 20.3. The van der Waals surface area contributed by atoms with Gasteiger partial charge in [0.2, 0.25) is 0 Å². The molecule has 0 atom stereocenters. The van der Waals surface area contributed by atoms with Gasteiger partial charge >= 0.3 is 5.97 Å². The fraction of sp³-hybridized carbons (Fsp3) is 0.0333. The van der Waals surface area contributed by atoms with E-state index in [4.69, 9.17) is 9.47 Å². The van der Waals surface area contributed by atoms with E-state index >= 15 is 0 Å². The minimum atomic E-state index is -0.489. The van der Waals surface area contributed by atoms with Gasteiger partial charge in [-0.05, 0) is 63.5 Å². The monoisotopic (exact) mass is 567 g/mol. The van der Waals surface area contributed by atoms with E-state index in [2.05, 4.69) is 31.4 Å². The number of methoxy groups -OCH3 is 1. The Bertz CT molecular complexity index is 1650. The first-order valence-corrected chi connectivity index (χ1v) is 12.5. The van der Waals surface area contributed by atoms with Crippen LogP contribution < -0.4 is 14.9 Å². The number of carbonyl (C=O) groups excluding carboxylic acids is 2. The Balaban J connectivity index is 1.36. The molecule has 0 fully saturated rings. The van der Waals surface area contributed by atoms with Crippen molar-refractivity contribution in [3.8, 4) is 22.6 Å². The topological polar surface area (TPSA) is 92.8 Å². The highest BCUT2D eigenvalue weighted by atomic mass is 79.9. The third-order valence-electron chi connectivity index (χ3n) is 5.85. The zero-order chi connectivity index (χ0) is 26.5. The highest BCUT2D eigenvalue weighted by Crippen LogP contribution is 2.35. The molecule has 0 saturated carbocycles. The van der Waals surface area contributed by atoms with Gasteiger partial charge in [-0.15, -0.1) is 0 Å². The first-order valence-electron chi connectivity index (χ1n) is 11.7. The van der Waals surface area contributed by atoms with E-state index in [0.717, 1.165) is 26.5 Å². The van der Waals surface area contributed by atoms with E-state index in [-0.39, 0.29) is 11.7 Å². The van der Waals surface area contributed by atoms with Crippen molar-refractivity contribution in [2.24, 2.45) is 5.10 Å². The smallest absolute Gasteiger partial charge is 0.343 e. The number of amides is 1. The third-order valence-corrected chi connectivity index (χ3v) is 6.51. The lowest BCUT2D eigenvalue weighted by Gasteiger charge is -2.10. The van der Waals surface area contributed by atoms with Gasteiger partial charge in [-0.3, -0.25) is 4.79 Å². The molecule has 0 unspecified atom stereocenters. The average molecular weight is 568 g/mol. The zero-order valence-corrected chi connectivity index (χ0v) is 21.9. The molecule has 38 heavy (non-hydrogen) atoms. The Morgan fingerprint density at radius 3 is 2.37 bits per heavy atom. The lowest BCUT2D eigenvalue weighted by Crippen LogP contribution is -2.18. The first-order chi connectivity index (χ1) is 18.5. The molecule has 5 aromatic rings. The van der Waals surface area contributed by atoms with E-state index in [9.17, 15) is 9.59 Å². The summed E-state index contributed by atoms with van der Waals surface area (Å²) in [6.07, 6.45) is 1.49. The van der Waals surface area contributed by atoms with E-state index in [1.165, 1.54) is 13.3 Å². The number of carbonyl (C=O) groups is 2. The van der Waals surface area contributed by atoms with Gasteiger partial charge in [0.25, 0.3) is 5.91 Å². The molecule has 1 amide bonds. The largest absolute Gasteiger partial charge is 0.493 e. The van der Waals surface area contributed by atoms with Crippen LogP contribution in [-0.4, -0.2) is 30.2 Å². The van der Waals surface area contributed by atoms with Crippen LogP contribution in [0.3, 0.4) is 0 Å². The van der Waals surface area contributed by atoms with Gasteiger partial charge in [0.15, 0.2) is 11.5 Å². The van der Waals surface area contributed by atoms with Crippen molar-refractivity contribution in [3.63, 3.8) is 0 Å². The summed E-state index contributed by atoms with van der Waals surface area (Å²) in [6.45, 7) is 0. The minimum Gasteiger partial charge on any atom is -0.493 e. The number of rotatable bonds is 7. The number of halogens is 1. The molecule has 1 heterocycles. The quantitative estimate of drug-likeness (QED) is 0.100. The maximum atomic E-state index is 13.2. The van der Waals surface area contributed by atoms with Crippen molar-refractivity contribution >= 4 is 44.9 Å². The molecule has 0 bridgehead atoms. The molecule has 188 valence electrons. The molecule has 0 aliphatic rings. The molecule has 2 N–H and O–H groups in total. The molecule has 0 aliphatic heterocycles. The molecule has 0 radical (unpaired) electrons. The van der Waals surface area contributed by atoms with Gasteiger partial charge in [0, 0.05) is 15.4 Å². The highest BCUT2D eigenvalue weighted by Gasteiger charge is 2.20. The van der Waals surface area contributed by atoms with Crippen LogP contribution in [0, 0.1) is 0 Å². The fourth-order valence-electron chi connectivity index (χ4n) is 4.06. The predicted octanol–water partition coefficient (Wildman–Crippen LogP) is 6.59. The molecule has 5 rings (SSSR count). The summed E-state index contributed by atoms with van der Waals surface area (Å²) < 4.78 is 11.7. The summed E-state index contributed by atoms with van der Waals surface area (Å²) in [5.41, 5.74) is 6.61. The van der Waals surface area contributed by atoms with Gasteiger partial charge in [-0.1, -0.05) is 60.7 Å². The number of fused-ring (bicyclic) bond motifs is 1. The van der Waals surface area contributed by atoms with E-state index in [1.807, 2.05) is 54.6 Å². The number of nitrogens with zero attached hydrogens (tertiary/aromatic N) is 1. The van der Waals surface area contributed by atoms with Gasteiger partial charge in [0.1, 0.15) is 5.69 Å². The number of aromatic amines is 1. The maximum Gasteiger partial charge on any atom is 0.343 e. The summed E-state index contributed by atoms with van der Waals surface area (Å²) in [7, 11) is 1.48. The van der Waals surface area contributed by atoms with Crippen LogP contribution >= 0.6 is 15.9 Å². The van der Waals surface area contributed by atoms with Crippen molar-refractivity contribution in [3.05, 3.63) is 118 Å². The summed E-state index contributed by atoms with van der Waals surface area (Å²) in [6, 6.07) is 29.2. The average Bonchev–Trinajstić information content (AvgIpc) is 3.36. The van der Waals surface area contributed by atoms with Crippen LogP contribution in [-0.2, 0) is 0 Å². The second kappa shape index (κ2) is 11.1. The number of hydrogen-bond donors (Lipinski definition) is 2. The number of nitrogens with one attached hydrogen (secondary N) is 2. The minimum absolute atomic E-state index is 0.277. The van der Waals surface area contributed by atoms with Crippen molar-refractivity contribution in [1.29, 1.82) is 0 Å². The summed E-state index contributed by atoms with van der Waals surface area (Å²) in [5, 5.41) is 5.06. The summed E-state index contributed by atoms with van der Waals surface area (Å²) in [5.74, 6) is -0.240. The normalized spacial score (nSPS) is 11.0. The highest BCUT2D eigenvalue weighted by molar-refractivity contribution is 9.10. The number of para-hydroxylation sites is 1. The van der Waals surface area contributed by atoms with Crippen LogP contribution in [0.4, 0.5) is 0 Å². The second-order valence-electron chi connectivity index (χ2n) is 8.27. The number of benzene rings is 4. The molecule has 7 nitrogen and oxygen atoms in total. The second-order valence-corrected chi connectivity index (χ2v) is 9.12. The van der Waals surface area contributed by atoms with Gasteiger partial charge in [-0.25, -0.2) is 10.2 Å². The molecular formula is C30H22BrN3O4. The Kier molecular flexibility index (Phi) is 7.33. The molecule has 0 aliphatic carbocycles. The molecule has 1 aromatic heterocycles. The number of aromatic nitrogens is 1. The van der Waals surface area contributed by atoms with Gasteiger partial charge < -0.3 is 14.5 Å². The molecule has 0 saturated heterocycles. The number of H-pyrrole nitrogens is 1. The van der Waals surface area contributed by atoms with Crippen LogP contribution in [0.25, 0.3) is 22.0 Å². The van der Waals surface area contributed by atoms with Crippen LogP contribution in [0.5, 0.6) is 11.5 Å². The molecule has 0 spiro atoms. The van der Waals surface area contributed by atoms with Crippen molar-refractivity contribution < 1.29 is 19.1 Å². The third kappa shape index (κ3) is 5.21. The fourth-order valence-corrected chi connectivity index (χ4v) is 4.53. The van der Waals surface area contributed by atoms with Crippen LogP contribution in [0.15, 0.2) is 107 Å². The van der Waals surface area contributed by atoms with Crippen LogP contribution in [0.2, 0.25) is 0 Å². The predicted molar refractivity (Wildman–Crippen MR) is 151 cm³/mol. The first kappa shape index (κ1) is 25.0.